The number of benzene rings is 1. The number of nitro groups is 1. The van der Waals surface area contributed by atoms with Crippen LogP contribution in [-0.2, 0) is 24.1 Å². The van der Waals surface area contributed by atoms with Crippen LogP contribution in [0.2, 0.25) is 0 Å². The fourth-order valence-corrected chi connectivity index (χ4v) is 3.36. The fraction of sp³-hybridized carbons (Fsp3) is 0.300. The monoisotopic (exact) mass is 452 g/mol. The van der Waals surface area contributed by atoms with Gasteiger partial charge >= 0.3 is 18.0 Å². The van der Waals surface area contributed by atoms with E-state index in [0.717, 1.165) is 18.2 Å². The molecule has 0 amide bonds. The van der Waals surface area contributed by atoms with Gasteiger partial charge in [-0.15, -0.1) is 0 Å². The minimum atomic E-state index is -4.68. The number of fused-ring (bicyclic) bond motifs is 1. The normalized spacial score (nSPS) is 15.8. The smallest absolute Gasteiger partial charge is 0.418 e. The van der Waals surface area contributed by atoms with E-state index in [1.807, 2.05) is 0 Å². The lowest BCUT2D eigenvalue weighted by Crippen LogP contribution is -2.32. The van der Waals surface area contributed by atoms with Crippen LogP contribution in [0.15, 0.2) is 36.7 Å². The molecule has 1 atom stereocenters. The summed E-state index contributed by atoms with van der Waals surface area (Å²) in [5, 5.41) is 10.9. The fourth-order valence-electron chi connectivity index (χ4n) is 3.36. The SMILES string of the molecule is Cc1cnc(-c2cc(F)ccc2CO[C@@H]2COc3nc([N+](=O)[O-])cn3C2)c(C(F)(F)F)c1. The molecule has 1 aliphatic rings. The molecule has 0 aliphatic carbocycles. The Balaban J connectivity index is 1.59. The summed E-state index contributed by atoms with van der Waals surface area (Å²) in [6.45, 7) is 1.58. The summed E-state index contributed by atoms with van der Waals surface area (Å²) in [5.41, 5.74) is -0.780. The Hall–Kier alpha value is -3.54. The van der Waals surface area contributed by atoms with E-state index in [2.05, 4.69) is 9.97 Å². The van der Waals surface area contributed by atoms with Gasteiger partial charge in [0.05, 0.1) is 24.4 Å². The Morgan fingerprint density at radius 1 is 1.34 bits per heavy atom. The molecular weight excluding hydrogens is 436 g/mol. The molecule has 0 unspecified atom stereocenters. The van der Waals surface area contributed by atoms with Crippen LogP contribution < -0.4 is 4.74 Å². The molecule has 12 heteroatoms. The first-order valence-electron chi connectivity index (χ1n) is 9.40. The first kappa shape index (κ1) is 21.7. The summed E-state index contributed by atoms with van der Waals surface area (Å²) >= 11 is 0. The highest BCUT2D eigenvalue weighted by Crippen LogP contribution is 2.38. The van der Waals surface area contributed by atoms with Crippen LogP contribution in [0, 0.1) is 22.9 Å². The van der Waals surface area contributed by atoms with E-state index >= 15 is 0 Å². The molecule has 3 heterocycles. The maximum atomic E-state index is 13.9. The number of pyridine rings is 1. The molecule has 1 aromatic carbocycles. The molecule has 0 bridgehead atoms. The van der Waals surface area contributed by atoms with Crippen LogP contribution in [0.25, 0.3) is 11.3 Å². The molecule has 0 N–H and O–H groups in total. The van der Waals surface area contributed by atoms with E-state index in [1.54, 1.807) is 0 Å². The minimum Gasteiger partial charge on any atom is -0.443 e. The van der Waals surface area contributed by atoms with Gasteiger partial charge in [-0.1, -0.05) is 6.07 Å². The predicted molar refractivity (Wildman–Crippen MR) is 102 cm³/mol. The number of aryl methyl sites for hydroxylation is 1. The molecular formula is C20H16F4N4O4. The molecule has 0 saturated carbocycles. The molecule has 2 aromatic heterocycles. The second-order valence-electron chi connectivity index (χ2n) is 7.24. The third-order valence-electron chi connectivity index (χ3n) is 4.84. The van der Waals surface area contributed by atoms with Crippen molar-refractivity contribution < 1.29 is 32.0 Å². The highest BCUT2D eigenvalue weighted by atomic mass is 19.4. The molecule has 8 nitrogen and oxygen atoms in total. The van der Waals surface area contributed by atoms with Gasteiger partial charge < -0.3 is 19.6 Å². The lowest BCUT2D eigenvalue weighted by molar-refractivity contribution is -0.389. The van der Waals surface area contributed by atoms with Crippen molar-refractivity contribution in [2.75, 3.05) is 6.61 Å². The van der Waals surface area contributed by atoms with Crippen LogP contribution in [0.4, 0.5) is 23.4 Å². The van der Waals surface area contributed by atoms with Gasteiger partial charge in [0, 0.05) is 16.7 Å². The summed E-state index contributed by atoms with van der Waals surface area (Å²) in [6.07, 6.45) is -2.74. The first-order chi connectivity index (χ1) is 15.1. The van der Waals surface area contributed by atoms with Gasteiger partial charge in [-0.05, 0) is 41.2 Å². The van der Waals surface area contributed by atoms with Gasteiger partial charge in [0.15, 0.2) is 0 Å². The Labute approximate surface area is 178 Å². The van der Waals surface area contributed by atoms with Crippen molar-refractivity contribution in [1.29, 1.82) is 0 Å². The van der Waals surface area contributed by atoms with Gasteiger partial charge in [-0.2, -0.15) is 13.2 Å². The van der Waals surface area contributed by atoms with E-state index in [-0.39, 0.29) is 37.2 Å². The molecule has 4 rings (SSSR count). The largest absolute Gasteiger partial charge is 0.443 e. The number of aromatic nitrogens is 3. The first-order valence-corrected chi connectivity index (χ1v) is 9.40. The number of halogens is 4. The highest BCUT2D eigenvalue weighted by Gasteiger charge is 2.35. The molecule has 0 spiro atoms. The number of hydrogen-bond acceptors (Lipinski definition) is 6. The summed E-state index contributed by atoms with van der Waals surface area (Å²) < 4.78 is 67.2. The third-order valence-corrected chi connectivity index (χ3v) is 4.84. The third kappa shape index (κ3) is 4.40. The van der Waals surface area contributed by atoms with E-state index < -0.39 is 34.3 Å². The van der Waals surface area contributed by atoms with Crippen LogP contribution in [0.5, 0.6) is 6.01 Å². The zero-order chi connectivity index (χ0) is 23.0. The summed E-state index contributed by atoms with van der Waals surface area (Å²) in [5.74, 6) is -1.08. The van der Waals surface area contributed by atoms with Gasteiger partial charge in [-0.25, -0.2) is 4.39 Å². The number of imidazole rings is 1. The van der Waals surface area contributed by atoms with Crippen LogP contribution >= 0.6 is 0 Å². The quantitative estimate of drug-likeness (QED) is 0.326. The van der Waals surface area contributed by atoms with E-state index in [4.69, 9.17) is 9.47 Å². The lowest BCUT2D eigenvalue weighted by Gasteiger charge is -2.23. The Morgan fingerprint density at radius 2 is 2.12 bits per heavy atom. The van der Waals surface area contributed by atoms with E-state index in [0.29, 0.717) is 11.1 Å². The van der Waals surface area contributed by atoms with Crippen molar-refractivity contribution >= 4 is 5.82 Å². The molecule has 0 radical (unpaired) electrons. The summed E-state index contributed by atoms with van der Waals surface area (Å²) in [4.78, 5) is 17.9. The number of ether oxygens (including phenoxy) is 2. The van der Waals surface area contributed by atoms with Crippen molar-refractivity contribution in [3.63, 3.8) is 0 Å². The number of nitrogens with zero attached hydrogens (tertiary/aromatic N) is 4. The molecule has 0 fully saturated rings. The Bertz CT molecular complexity index is 1180. The van der Waals surface area contributed by atoms with Gasteiger partial charge in [0.25, 0.3) is 0 Å². The van der Waals surface area contributed by atoms with Gasteiger partial charge in [-0.3, -0.25) is 9.55 Å². The van der Waals surface area contributed by atoms with Gasteiger partial charge in [0.2, 0.25) is 0 Å². The topological polar surface area (TPSA) is 92.3 Å². The molecule has 168 valence electrons. The standard InChI is InChI=1S/C20H16F4N4O4/c1-11-4-16(20(22,23)24)18(25-6-11)15-5-13(21)3-2-12(15)9-31-14-7-27-8-17(28(29)30)26-19(27)32-10-14/h2-6,8,14H,7,9-10H2,1H3/t14-/m0/s1. The van der Waals surface area contributed by atoms with Crippen LogP contribution in [-0.4, -0.2) is 32.2 Å². The van der Waals surface area contributed by atoms with Crippen LogP contribution in [0.3, 0.4) is 0 Å². The molecule has 3 aromatic rings. The Morgan fingerprint density at radius 3 is 2.84 bits per heavy atom. The number of alkyl halides is 3. The average Bonchev–Trinajstić information content (AvgIpc) is 3.16. The Kier molecular flexibility index (Phi) is 5.55. The zero-order valence-electron chi connectivity index (χ0n) is 16.6. The second kappa shape index (κ2) is 8.19. The van der Waals surface area contributed by atoms with Crippen LogP contribution in [0.1, 0.15) is 16.7 Å². The minimum absolute atomic E-state index is 0.0342. The van der Waals surface area contributed by atoms with Crippen molar-refractivity contribution in [3.05, 3.63) is 69.3 Å². The van der Waals surface area contributed by atoms with E-state index in [9.17, 15) is 27.7 Å². The van der Waals surface area contributed by atoms with Crippen molar-refractivity contribution in [1.82, 2.24) is 14.5 Å². The lowest BCUT2D eigenvalue weighted by atomic mass is 9.99. The van der Waals surface area contributed by atoms with Crippen molar-refractivity contribution in [2.24, 2.45) is 0 Å². The molecule has 0 saturated heterocycles. The maximum absolute atomic E-state index is 13.9. The zero-order valence-corrected chi connectivity index (χ0v) is 16.6. The highest BCUT2D eigenvalue weighted by molar-refractivity contribution is 5.68. The second-order valence-corrected chi connectivity index (χ2v) is 7.24. The van der Waals surface area contributed by atoms with Crippen molar-refractivity contribution in [2.45, 2.75) is 32.4 Å². The average molecular weight is 452 g/mol. The number of hydrogen-bond donors (Lipinski definition) is 0. The number of rotatable bonds is 5. The van der Waals surface area contributed by atoms with Crippen molar-refractivity contribution in [3.8, 4) is 17.3 Å². The predicted octanol–water partition coefficient (Wildman–Crippen LogP) is 4.30. The maximum Gasteiger partial charge on any atom is 0.418 e. The molecule has 1 aliphatic heterocycles. The molecule has 32 heavy (non-hydrogen) atoms. The van der Waals surface area contributed by atoms with E-state index in [1.165, 1.54) is 30.0 Å². The van der Waals surface area contributed by atoms with Gasteiger partial charge in [0.1, 0.15) is 24.7 Å². The summed E-state index contributed by atoms with van der Waals surface area (Å²) in [7, 11) is 0. The summed E-state index contributed by atoms with van der Waals surface area (Å²) in [6, 6.07) is 4.49.